The van der Waals surface area contributed by atoms with Crippen LogP contribution in [0, 0.1) is 0 Å². The summed E-state index contributed by atoms with van der Waals surface area (Å²) in [6, 6.07) is 5.04. The lowest BCUT2D eigenvalue weighted by Gasteiger charge is -2.24. The first-order valence-electron chi connectivity index (χ1n) is 43.4. The van der Waals surface area contributed by atoms with Gasteiger partial charge in [-0.25, -0.2) is 0 Å². The molecular formula is C92H165NO3. The van der Waals surface area contributed by atoms with Gasteiger partial charge in [-0.3, -0.25) is 4.90 Å². The lowest BCUT2D eigenvalue weighted by Crippen LogP contribution is -2.18. The monoisotopic (exact) mass is 1330 g/mol. The van der Waals surface area contributed by atoms with Crippen LogP contribution in [0.1, 0.15) is 450 Å². The first kappa shape index (κ1) is 89.1. The van der Waals surface area contributed by atoms with Crippen LogP contribution in [0.5, 0.6) is 17.2 Å². The number of hydrogen-bond donors (Lipinski definition) is 0. The van der Waals surface area contributed by atoms with Crippen LogP contribution in [-0.2, 0) is 0 Å². The van der Waals surface area contributed by atoms with E-state index in [0.29, 0.717) is 12.6 Å². The number of unbranched alkanes of at least 4 members (excludes halogenated alkanes) is 57. The average molecular weight is 1330 g/mol. The van der Waals surface area contributed by atoms with Gasteiger partial charge in [-0.2, -0.15) is 0 Å². The molecule has 1 aliphatic heterocycles. The summed E-state index contributed by atoms with van der Waals surface area (Å²) in [5.41, 5.74) is 1.32. The van der Waals surface area contributed by atoms with Gasteiger partial charge in [0.2, 0.25) is 5.75 Å². The lowest BCUT2D eigenvalue weighted by molar-refractivity contribution is 0.232. The van der Waals surface area contributed by atoms with Crippen molar-refractivity contribution < 1.29 is 14.2 Å². The molecule has 0 N–H and O–H groups in total. The second kappa shape index (κ2) is 74.7. The van der Waals surface area contributed by atoms with E-state index in [1.54, 1.807) is 0 Å². The first-order valence-corrected chi connectivity index (χ1v) is 43.4. The summed E-state index contributed by atoms with van der Waals surface area (Å²) < 4.78 is 20.4. The summed E-state index contributed by atoms with van der Waals surface area (Å²) in [7, 11) is 2.28. The minimum Gasteiger partial charge on any atom is -0.490 e. The quantitative estimate of drug-likeness (QED) is 0.0480. The van der Waals surface area contributed by atoms with Crippen LogP contribution in [0.3, 0.4) is 0 Å². The van der Waals surface area contributed by atoms with Gasteiger partial charge in [0.1, 0.15) is 0 Å². The minimum atomic E-state index is 0.400. The average Bonchev–Trinajstić information content (AvgIpc) is 1.27. The zero-order valence-corrected chi connectivity index (χ0v) is 65.1. The predicted molar refractivity (Wildman–Crippen MR) is 430 cm³/mol. The highest BCUT2D eigenvalue weighted by atomic mass is 16.5. The number of hydrogen-bond acceptors (Lipinski definition) is 4. The van der Waals surface area contributed by atoms with E-state index in [2.05, 4.69) is 118 Å². The molecule has 1 aliphatic rings. The van der Waals surface area contributed by atoms with Crippen molar-refractivity contribution >= 4 is 0 Å². The molecule has 0 spiro atoms. The minimum absolute atomic E-state index is 0.400. The van der Waals surface area contributed by atoms with E-state index < -0.39 is 0 Å². The van der Waals surface area contributed by atoms with E-state index in [0.717, 1.165) is 56.3 Å². The molecule has 1 fully saturated rings. The standard InChI is InChI=1S/C92H165NO3/c1-5-8-11-14-17-20-23-26-29-32-35-38-41-44-47-50-53-56-59-62-65-68-71-74-77-83-94-90-86-88(89-81-80-82-93(89)4)87-91(95-84-78-75-72-69-66-63-60-57-54-51-48-45-42-39-36-33-30-27-24-21-18-15-12-9-6-2)92(90)96-85-79-76-73-70-67-64-61-58-55-52-49-46-43-40-37-34-31-28-25-22-19-16-13-10-7-3/h44-55,86-87,89H,5-43,56-85H2,1-4H3/b47-44+,48-45+,49-46+,53-50+,54-51+,55-52+. The number of benzene rings is 1. The molecule has 0 amide bonds. The van der Waals surface area contributed by atoms with Crippen molar-refractivity contribution in [2.75, 3.05) is 33.4 Å². The highest BCUT2D eigenvalue weighted by molar-refractivity contribution is 5.54. The maximum atomic E-state index is 6.79. The Hall–Kier alpha value is -2.98. The highest BCUT2D eigenvalue weighted by Crippen LogP contribution is 2.44. The van der Waals surface area contributed by atoms with Crippen LogP contribution < -0.4 is 14.2 Å². The zero-order chi connectivity index (χ0) is 68.3. The Balaban J connectivity index is 1.74. The van der Waals surface area contributed by atoms with E-state index in [1.807, 2.05) is 0 Å². The molecule has 4 heteroatoms. The SMILES string of the molecule is CCCCCCCCCCCCCC/C=C/C=C/CCCCCCCCCOc1cc(C2CCCN2C)cc(OCCCCCCCCC/C=C/C=C/CCCCCCCCCCCCCC)c1OCCCCCCCCC/C=C/C=C/CCCCCCCCCCCCCC. The van der Waals surface area contributed by atoms with Crippen LogP contribution in [0.2, 0.25) is 0 Å². The normalized spacial score (nSPS) is 14.0. The van der Waals surface area contributed by atoms with Gasteiger partial charge in [0, 0.05) is 6.04 Å². The largest absolute Gasteiger partial charge is 0.490 e. The Labute approximate surface area is 601 Å². The van der Waals surface area contributed by atoms with Gasteiger partial charge < -0.3 is 14.2 Å². The molecule has 1 aromatic rings. The van der Waals surface area contributed by atoms with Crippen molar-refractivity contribution in [3.8, 4) is 17.2 Å². The maximum absolute atomic E-state index is 6.79. The van der Waals surface area contributed by atoms with Gasteiger partial charge in [0.05, 0.1) is 19.8 Å². The fourth-order valence-electron chi connectivity index (χ4n) is 14.1. The van der Waals surface area contributed by atoms with E-state index >= 15 is 0 Å². The zero-order valence-electron chi connectivity index (χ0n) is 65.1. The molecule has 2 rings (SSSR count). The van der Waals surface area contributed by atoms with Gasteiger partial charge in [-0.1, -0.05) is 402 Å². The molecule has 0 aliphatic carbocycles. The number of allylic oxidation sites excluding steroid dienone is 12. The third-order valence-corrected chi connectivity index (χ3v) is 20.6. The smallest absolute Gasteiger partial charge is 0.203 e. The van der Waals surface area contributed by atoms with Gasteiger partial charge in [-0.05, 0) is 140 Å². The Kier molecular flexibility index (Phi) is 69.3. The molecule has 0 saturated carbocycles. The molecule has 1 unspecified atom stereocenters. The highest BCUT2D eigenvalue weighted by Gasteiger charge is 2.26. The molecule has 0 radical (unpaired) electrons. The van der Waals surface area contributed by atoms with E-state index in [1.165, 1.54) is 404 Å². The van der Waals surface area contributed by atoms with E-state index in [9.17, 15) is 0 Å². The van der Waals surface area contributed by atoms with Crippen molar-refractivity contribution in [1.82, 2.24) is 4.90 Å². The Morgan fingerprint density at radius 3 is 0.708 bits per heavy atom. The summed E-state index contributed by atoms with van der Waals surface area (Å²) in [5, 5.41) is 0. The molecule has 1 atom stereocenters. The van der Waals surface area contributed by atoms with Crippen molar-refractivity contribution in [2.24, 2.45) is 0 Å². The second-order valence-electron chi connectivity index (χ2n) is 29.9. The molecule has 0 bridgehead atoms. The topological polar surface area (TPSA) is 30.9 Å². The van der Waals surface area contributed by atoms with Crippen molar-refractivity contribution in [1.29, 1.82) is 0 Å². The molecule has 556 valence electrons. The fraction of sp³-hybridized carbons (Fsp3) is 0.804. The van der Waals surface area contributed by atoms with Gasteiger partial charge in [0.15, 0.2) is 11.5 Å². The summed E-state index contributed by atoms with van der Waals surface area (Å²) in [6.45, 7) is 10.2. The van der Waals surface area contributed by atoms with E-state index in [-0.39, 0.29) is 0 Å². The molecular weight excluding hydrogens is 1170 g/mol. The Bertz CT molecular complexity index is 1820. The van der Waals surface area contributed by atoms with E-state index in [4.69, 9.17) is 14.2 Å². The second-order valence-corrected chi connectivity index (χ2v) is 29.9. The number of rotatable bonds is 76. The molecule has 96 heavy (non-hydrogen) atoms. The van der Waals surface area contributed by atoms with Crippen molar-refractivity contribution in [3.63, 3.8) is 0 Å². The Morgan fingerprint density at radius 2 is 0.490 bits per heavy atom. The Morgan fingerprint density at radius 1 is 0.281 bits per heavy atom. The maximum Gasteiger partial charge on any atom is 0.203 e. The third kappa shape index (κ3) is 59.8. The van der Waals surface area contributed by atoms with Gasteiger partial charge in [0.25, 0.3) is 0 Å². The number of likely N-dealkylation sites (tertiary alicyclic amines) is 1. The summed E-state index contributed by atoms with van der Waals surface area (Å²) in [6.07, 6.45) is 116. The van der Waals surface area contributed by atoms with Crippen LogP contribution >= 0.6 is 0 Å². The van der Waals surface area contributed by atoms with Crippen LogP contribution in [0.15, 0.2) is 85.0 Å². The fourth-order valence-corrected chi connectivity index (χ4v) is 14.1. The van der Waals surface area contributed by atoms with Gasteiger partial charge in [-0.15, -0.1) is 0 Å². The molecule has 1 heterocycles. The molecule has 1 saturated heterocycles. The molecule has 0 aromatic heterocycles. The van der Waals surface area contributed by atoms with Crippen LogP contribution in [0.4, 0.5) is 0 Å². The lowest BCUT2D eigenvalue weighted by atomic mass is 10.0. The molecule has 1 aromatic carbocycles. The van der Waals surface area contributed by atoms with Crippen molar-refractivity contribution in [3.05, 3.63) is 90.6 Å². The summed E-state index contributed by atoms with van der Waals surface area (Å²) >= 11 is 0. The van der Waals surface area contributed by atoms with Gasteiger partial charge >= 0.3 is 0 Å². The first-order chi connectivity index (χ1) is 47.7. The van der Waals surface area contributed by atoms with Crippen molar-refractivity contribution in [2.45, 2.75) is 444 Å². The summed E-state index contributed by atoms with van der Waals surface area (Å²) in [4.78, 5) is 2.52. The number of nitrogens with zero attached hydrogens (tertiary/aromatic N) is 1. The van der Waals surface area contributed by atoms with Crippen LogP contribution in [0.25, 0.3) is 0 Å². The number of ether oxygens (including phenoxy) is 3. The third-order valence-electron chi connectivity index (χ3n) is 20.6. The molecule has 4 nitrogen and oxygen atoms in total. The summed E-state index contributed by atoms with van der Waals surface area (Å²) in [5.74, 6) is 2.65. The predicted octanol–water partition coefficient (Wildman–Crippen LogP) is 31.6. The van der Waals surface area contributed by atoms with Crippen LogP contribution in [-0.4, -0.2) is 38.3 Å².